The summed E-state index contributed by atoms with van der Waals surface area (Å²) in [6.45, 7) is 10.7. The molecule has 0 aliphatic heterocycles. The Hall–Kier alpha value is -14.4. The van der Waals surface area contributed by atoms with E-state index in [0.29, 0.717) is 37.8 Å². The van der Waals surface area contributed by atoms with Crippen LogP contribution in [0, 0.1) is 29.1 Å². The van der Waals surface area contributed by atoms with Crippen molar-refractivity contribution in [3.05, 3.63) is 35.9 Å². The van der Waals surface area contributed by atoms with Crippen molar-refractivity contribution >= 4 is 148 Å². The molecule has 0 aromatic heterocycles. The number of nitrogens with one attached hydrogen (secondary N) is 21. The number of benzene rings is 1. The summed E-state index contributed by atoms with van der Waals surface area (Å²) in [5, 5.41) is 93.7. The van der Waals surface area contributed by atoms with Crippen LogP contribution in [0.2, 0.25) is 0 Å². The van der Waals surface area contributed by atoms with E-state index in [1.54, 1.807) is 85.7 Å². The fraction of sp³-hybridized carbons (Fsp3) is 0.644. The lowest BCUT2D eigenvalue weighted by Crippen LogP contribution is -2.60. The maximum atomic E-state index is 14.5. The van der Waals surface area contributed by atoms with Crippen LogP contribution in [0.4, 0.5) is 0 Å². The number of aliphatic carboxylic acids is 3. The average molecular weight is 2020 g/mol. The molecule has 0 saturated carbocycles. The van der Waals surface area contributed by atoms with E-state index in [9.17, 15) is 135 Å². The topological polar surface area (TPSA) is 911 Å². The number of amides is 21. The lowest BCUT2D eigenvalue weighted by molar-refractivity contribution is -0.143. The number of primary amides is 2. The molecular formula is C87H145N27O28. The van der Waals surface area contributed by atoms with Gasteiger partial charge in [0.15, 0.2) is 5.96 Å². The van der Waals surface area contributed by atoms with Crippen molar-refractivity contribution in [2.45, 2.75) is 275 Å². The summed E-state index contributed by atoms with van der Waals surface area (Å²) in [6, 6.07) is -15.0. The first-order valence-corrected chi connectivity index (χ1v) is 46.4. The van der Waals surface area contributed by atoms with E-state index in [1.807, 2.05) is 0 Å². The Kier molecular flexibility index (Phi) is 59.3. The molecule has 1 aromatic rings. The quantitative estimate of drug-likeness (QED) is 0.0164. The van der Waals surface area contributed by atoms with Gasteiger partial charge in [-0.05, 0) is 133 Å². The Bertz CT molecular complexity index is 4470. The highest BCUT2D eigenvalue weighted by Crippen LogP contribution is 2.17. The van der Waals surface area contributed by atoms with Crippen LogP contribution in [0.15, 0.2) is 30.3 Å². The third-order valence-corrected chi connectivity index (χ3v) is 21.2. The number of carbonyl (C=O) groups is 24. The number of hydrogen-bond acceptors (Lipinski definition) is 29. The first-order valence-electron chi connectivity index (χ1n) is 46.4. The van der Waals surface area contributed by atoms with Crippen LogP contribution < -0.4 is 141 Å². The molecule has 55 nitrogen and oxygen atoms in total. The van der Waals surface area contributed by atoms with Crippen molar-refractivity contribution in [1.82, 2.24) is 106 Å². The Morgan fingerprint density at radius 1 is 0.345 bits per heavy atom. The minimum Gasteiger partial charge on any atom is -0.481 e. The van der Waals surface area contributed by atoms with Crippen molar-refractivity contribution in [1.29, 1.82) is 5.41 Å². The normalized spacial score (nSPS) is 14.4. The van der Waals surface area contributed by atoms with Gasteiger partial charge in [-0.2, -0.15) is 0 Å². The molecule has 37 N–H and O–H groups in total. The molecule has 0 spiro atoms. The number of unbranched alkanes of at least 4 members (excludes halogenated alkanes) is 2. The number of aliphatic hydroxyl groups excluding tert-OH is 1. The van der Waals surface area contributed by atoms with Gasteiger partial charge >= 0.3 is 17.9 Å². The van der Waals surface area contributed by atoms with Crippen LogP contribution in [0.25, 0.3) is 0 Å². The van der Waals surface area contributed by atoms with Gasteiger partial charge in [0.25, 0.3) is 0 Å². The molecule has 0 unspecified atom stereocenters. The van der Waals surface area contributed by atoms with Gasteiger partial charge in [-0.3, -0.25) is 116 Å². The lowest BCUT2D eigenvalue weighted by atomic mass is 9.96. The molecular weight excluding hydrogens is 1870 g/mol. The predicted molar refractivity (Wildman–Crippen MR) is 506 cm³/mol. The number of carboxylic acids is 3. The summed E-state index contributed by atoms with van der Waals surface area (Å²) < 4.78 is 0. The van der Waals surface area contributed by atoms with Crippen molar-refractivity contribution < 1.29 is 135 Å². The van der Waals surface area contributed by atoms with E-state index in [-0.39, 0.29) is 70.4 Å². The molecule has 0 fully saturated rings. The van der Waals surface area contributed by atoms with Gasteiger partial charge in [-0.15, -0.1) is 0 Å². The molecule has 142 heavy (non-hydrogen) atoms. The van der Waals surface area contributed by atoms with Crippen molar-refractivity contribution in [3.8, 4) is 0 Å². The number of guanidine groups is 1. The smallest absolute Gasteiger partial charge is 0.326 e. The zero-order chi connectivity index (χ0) is 108. The minimum absolute atomic E-state index is 0.0248. The number of hydrogen-bond donors (Lipinski definition) is 31. The fourth-order valence-corrected chi connectivity index (χ4v) is 13.3. The summed E-state index contributed by atoms with van der Waals surface area (Å²) >= 11 is 0. The standard InChI is InChI=1S/C87H145N27O28/c1-11-46(8)71(85(140)107-54(86(141)142)23-16-18-30-89)114-83(138)56(33-44(4)5)109-78(133)50(22-15-17-29-88)105-77(132)51(24-19-31-95-87(93)94)106-84(139)70(45(6)7)113-67(122)39-97-63(118)37-96-64(119)38-98-75(130)53(26-28-69(125)126)104-73(128)48(10)101-79(134)55(32-43(2)3)110-80(135)57(34-49-20-13-12-14-21-49)111-81(136)58(35-61(91)116)103-66(121)41-99-74(129)52(25-27-68(123)124)102-65(120)40-100-76(131)60(42-115)112-82(137)59(36-62(92)117)108-72(127)47(9)90/h12-14,20-21,43-48,50-60,70-71,115H,11,15-19,22-42,88-90H2,1-10H3,(H2,91,116)(H2,92,117)(H,96,119)(H,97,118)(H,98,130)(H,99,129)(H,100,131)(H,101,134)(H,102,120)(H,103,121)(H,104,128)(H,105,132)(H,106,139)(H,107,140)(H,108,127)(H,109,133)(H,110,135)(H,111,136)(H,112,137)(H,113,122)(H,114,138)(H,123,124)(H,125,126)(H,141,142)(H4,93,94,95)/t46-,47-,48-,50-,51-,52-,53-,54-,55-,56-,57-,58-,59-,60-,70-,71-/m0/s1. The molecule has 0 heterocycles. The molecule has 0 aliphatic rings. The number of aliphatic hydroxyl groups is 1. The van der Waals surface area contributed by atoms with Gasteiger partial charge in [0, 0.05) is 25.8 Å². The zero-order valence-electron chi connectivity index (χ0n) is 81.5. The second-order valence-electron chi connectivity index (χ2n) is 34.9. The largest absolute Gasteiger partial charge is 0.481 e. The predicted octanol–water partition coefficient (Wildman–Crippen LogP) is -11.2. The summed E-state index contributed by atoms with van der Waals surface area (Å²) in [6.07, 6.45) is -2.95. The molecule has 0 radical (unpaired) electrons. The maximum Gasteiger partial charge on any atom is 0.326 e. The van der Waals surface area contributed by atoms with Gasteiger partial charge in [0.05, 0.1) is 58.2 Å². The highest BCUT2D eigenvalue weighted by Gasteiger charge is 2.39. The third-order valence-electron chi connectivity index (χ3n) is 21.2. The molecule has 55 heteroatoms. The fourth-order valence-electron chi connectivity index (χ4n) is 13.3. The maximum absolute atomic E-state index is 14.5. The van der Waals surface area contributed by atoms with Gasteiger partial charge in [0.1, 0.15) is 84.6 Å². The number of carbonyl (C=O) groups excluding carboxylic acids is 21. The molecule has 21 amide bonds. The Morgan fingerprint density at radius 2 is 0.697 bits per heavy atom. The second-order valence-corrected chi connectivity index (χ2v) is 34.9. The Morgan fingerprint density at radius 3 is 1.14 bits per heavy atom. The molecule has 796 valence electrons. The van der Waals surface area contributed by atoms with Crippen molar-refractivity contribution in [3.63, 3.8) is 0 Å². The number of nitrogens with two attached hydrogens (primary N) is 6. The molecule has 1 rings (SSSR count). The zero-order valence-corrected chi connectivity index (χ0v) is 81.5. The van der Waals surface area contributed by atoms with E-state index >= 15 is 0 Å². The molecule has 0 aliphatic carbocycles. The van der Waals surface area contributed by atoms with Crippen molar-refractivity contribution in [2.75, 3.05) is 59.0 Å². The summed E-state index contributed by atoms with van der Waals surface area (Å²) in [5.41, 5.74) is 33.4. The summed E-state index contributed by atoms with van der Waals surface area (Å²) in [4.78, 5) is 318. The van der Waals surface area contributed by atoms with E-state index in [4.69, 9.17) is 39.8 Å². The first-order chi connectivity index (χ1) is 66.7. The third kappa shape index (κ3) is 52.0. The van der Waals surface area contributed by atoms with Crippen molar-refractivity contribution in [2.24, 2.45) is 58.1 Å². The van der Waals surface area contributed by atoms with Crippen LogP contribution in [0.5, 0.6) is 0 Å². The lowest BCUT2D eigenvalue weighted by Gasteiger charge is -2.30. The van der Waals surface area contributed by atoms with Crippen LogP contribution in [0.1, 0.15) is 184 Å². The summed E-state index contributed by atoms with van der Waals surface area (Å²) in [5.74, 6) is -28.2. The Balaban J connectivity index is 3.30. The van der Waals surface area contributed by atoms with Gasteiger partial charge < -0.3 is 161 Å². The van der Waals surface area contributed by atoms with E-state index < -0.39 is 334 Å². The number of carboxylic acid groups (broad SMARTS) is 3. The second kappa shape index (κ2) is 67.0. The van der Waals surface area contributed by atoms with Crippen LogP contribution in [0.3, 0.4) is 0 Å². The van der Waals surface area contributed by atoms with Crippen LogP contribution in [-0.2, 0) is 121 Å². The van der Waals surface area contributed by atoms with Crippen LogP contribution in [-0.4, -0.2) is 318 Å². The average Bonchev–Trinajstić information content (AvgIpc) is 0.849. The van der Waals surface area contributed by atoms with Gasteiger partial charge in [0.2, 0.25) is 124 Å². The Labute approximate surface area is 820 Å². The minimum atomic E-state index is -1.91. The molecule has 1 aromatic carbocycles. The molecule has 0 saturated heterocycles. The van der Waals surface area contributed by atoms with E-state index in [1.165, 1.54) is 6.92 Å². The van der Waals surface area contributed by atoms with Crippen LogP contribution >= 0.6 is 0 Å². The van der Waals surface area contributed by atoms with Gasteiger partial charge in [-0.1, -0.05) is 92.1 Å². The monoisotopic (exact) mass is 2020 g/mol. The van der Waals surface area contributed by atoms with Gasteiger partial charge in [-0.25, -0.2) is 4.79 Å². The first kappa shape index (κ1) is 126. The highest BCUT2D eigenvalue weighted by molar-refractivity contribution is 6.02. The number of rotatable bonds is 71. The summed E-state index contributed by atoms with van der Waals surface area (Å²) in [7, 11) is 0. The SMILES string of the molecule is CC[C@H](C)[C@H](NC(=O)[C@H](CC(C)C)NC(=O)[C@H](CCCCN)NC(=O)[C@H](CCCNC(=N)N)NC(=O)[C@@H](NC(=O)CNC(=O)CNC(=O)CNC(=O)[C@H](CCC(=O)O)NC(=O)[C@H](C)NC(=O)[C@H](CC(C)C)NC(=O)[C@H](Cc1ccccc1)NC(=O)[C@H](CC(N)=O)NC(=O)CNC(=O)[C@H](CCC(=O)O)NC(=O)CNC(=O)[C@H](CO)NC(=O)[C@H](CC(N)=O)NC(=O)[C@H](C)N)C(C)C)C(=O)N[C@@H](CCCCN)C(=O)O. The highest BCUT2D eigenvalue weighted by atomic mass is 16.4. The molecule has 0 bridgehead atoms. The van der Waals surface area contributed by atoms with E-state index in [2.05, 4.69) is 106 Å². The molecule has 16 atom stereocenters. The van der Waals surface area contributed by atoms with E-state index in [0.717, 1.165) is 6.92 Å².